The highest BCUT2D eigenvalue weighted by Crippen LogP contribution is 2.34. The minimum atomic E-state index is -0.889. The molecule has 0 aromatic rings. The van der Waals surface area contributed by atoms with Gasteiger partial charge in [0.2, 0.25) is 5.91 Å². The number of aliphatic carboxylic acids is 1. The summed E-state index contributed by atoms with van der Waals surface area (Å²) in [5.74, 6) is 1.85. The molecule has 1 amide bonds. The molecule has 2 heterocycles. The quantitative estimate of drug-likeness (QED) is 0.809. The van der Waals surface area contributed by atoms with Crippen molar-refractivity contribution in [2.45, 2.75) is 37.7 Å². The summed E-state index contributed by atoms with van der Waals surface area (Å²) in [5.41, 5.74) is 0. The van der Waals surface area contributed by atoms with Crippen LogP contribution in [0.5, 0.6) is 0 Å². The molecule has 3 atom stereocenters. The average molecular weight is 318 g/mol. The Morgan fingerprint density at radius 1 is 1.40 bits per heavy atom. The van der Waals surface area contributed by atoms with Gasteiger partial charge in [-0.3, -0.25) is 4.79 Å². The number of hydrogen-bond donors (Lipinski definition) is 2. The van der Waals surface area contributed by atoms with Gasteiger partial charge in [0, 0.05) is 36.3 Å². The van der Waals surface area contributed by atoms with Crippen LogP contribution in [0, 0.1) is 5.92 Å². The van der Waals surface area contributed by atoms with Crippen LogP contribution >= 0.6 is 23.5 Å². The van der Waals surface area contributed by atoms with Gasteiger partial charge in [0.05, 0.1) is 5.37 Å². The molecule has 0 saturated carbocycles. The first kappa shape index (κ1) is 16.0. The molecule has 0 aromatic heterocycles. The molecule has 0 radical (unpaired) electrons. The van der Waals surface area contributed by atoms with Crippen LogP contribution < -0.4 is 5.32 Å². The van der Waals surface area contributed by atoms with Crippen molar-refractivity contribution < 1.29 is 14.7 Å². The lowest BCUT2D eigenvalue weighted by Gasteiger charge is -2.32. The second-order valence-corrected chi connectivity index (χ2v) is 7.85. The molecule has 7 heteroatoms. The highest BCUT2D eigenvalue weighted by molar-refractivity contribution is 8.00. The van der Waals surface area contributed by atoms with Crippen molar-refractivity contribution in [1.29, 1.82) is 0 Å². The topological polar surface area (TPSA) is 69.6 Å². The van der Waals surface area contributed by atoms with Crippen molar-refractivity contribution >= 4 is 35.4 Å². The van der Waals surface area contributed by atoms with Crippen LogP contribution in [0.15, 0.2) is 0 Å². The van der Waals surface area contributed by atoms with E-state index in [1.54, 1.807) is 16.7 Å². The lowest BCUT2D eigenvalue weighted by Crippen LogP contribution is -2.50. The standard InChI is InChI=1S/C13H22N2O3S2/c1-8(2)12-15(10(7-20-12)13(17)18)11(16)5-9-6-19-4-3-14-9/h8-10,12,14H,3-7H2,1-2H3,(H,17,18). The maximum Gasteiger partial charge on any atom is 0.327 e. The van der Waals surface area contributed by atoms with E-state index in [1.165, 1.54) is 0 Å². The molecular weight excluding hydrogens is 296 g/mol. The zero-order chi connectivity index (χ0) is 14.7. The molecule has 0 aromatic carbocycles. The number of nitrogens with one attached hydrogen (secondary N) is 1. The Bertz CT molecular complexity index is 373. The van der Waals surface area contributed by atoms with Crippen LogP contribution in [0.1, 0.15) is 20.3 Å². The first-order valence-corrected chi connectivity index (χ1v) is 9.17. The highest BCUT2D eigenvalue weighted by Gasteiger charge is 2.43. The first-order valence-electron chi connectivity index (χ1n) is 6.97. The van der Waals surface area contributed by atoms with Gasteiger partial charge in [0.1, 0.15) is 6.04 Å². The molecule has 3 unspecified atom stereocenters. The van der Waals surface area contributed by atoms with Crippen LogP contribution in [0.25, 0.3) is 0 Å². The van der Waals surface area contributed by atoms with E-state index < -0.39 is 12.0 Å². The van der Waals surface area contributed by atoms with Crippen molar-refractivity contribution in [3.05, 3.63) is 0 Å². The van der Waals surface area contributed by atoms with Crippen LogP contribution in [0.3, 0.4) is 0 Å². The van der Waals surface area contributed by atoms with Crippen LogP contribution in [0.4, 0.5) is 0 Å². The second-order valence-electron chi connectivity index (χ2n) is 5.55. The molecule has 20 heavy (non-hydrogen) atoms. The summed E-state index contributed by atoms with van der Waals surface area (Å²) in [7, 11) is 0. The van der Waals surface area contributed by atoms with Gasteiger partial charge >= 0.3 is 5.97 Å². The molecular formula is C13H22N2O3S2. The van der Waals surface area contributed by atoms with Crippen molar-refractivity contribution in [2.75, 3.05) is 23.8 Å². The Kier molecular flexibility index (Phi) is 5.63. The SMILES string of the molecule is CC(C)C1SCC(C(=O)O)N1C(=O)CC1CSCCN1. The number of amides is 1. The lowest BCUT2D eigenvalue weighted by atomic mass is 10.1. The molecule has 114 valence electrons. The molecule has 2 N–H and O–H groups in total. The summed E-state index contributed by atoms with van der Waals surface area (Å²) < 4.78 is 0. The van der Waals surface area contributed by atoms with E-state index in [2.05, 4.69) is 5.32 Å². The van der Waals surface area contributed by atoms with Gasteiger partial charge in [0.25, 0.3) is 0 Å². The fraction of sp³-hybridized carbons (Fsp3) is 0.846. The summed E-state index contributed by atoms with van der Waals surface area (Å²) in [6, 6.07) is -0.495. The largest absolute Gasteiger partial charge is 0.480 e. The van der Waals surface area contributed by atoms with E-state index in [9.17, 15) is 14.7 Å². The smallest absolute Gasteiger partial charge is 0.327 e. The molecule has 0 aliphatic carbocycles. The molecule has 2 saturated heterocycles. The summed E-state index contributed by atoms with van der Waals surface area (Å²) in [4.78, 5) is 25.5. The van der Waals surface area contributed by atoms with Gasteiger partial charge in [-0.25, -0.2) is 4.79 Å². The number of carbonyl (C=O) groups excluding carboxylic acids is 1. The van der Waals surface area contributed by atoms with Crippen molar-refractivity contribution in [3.8, 4) is 0 Å². The summed E-state index contributed by atoms with van der Waals surface area (Å²) in [6.45, 7) is 5.00. The van der Waals surface area contributed by atoms with Gasteiger partial charge in [0.15, 0.2) is 0 Å². The van der Waals surface area contributed by atoms with Gasteiger partial charge in [-0.15, -0.1) is 11.8 Å². The van der Waals surface area contributed by atoms with E-state index >= 15 is 0 Å². The Balaban J connectivity index is 2.04. The van der Waals surface area contributed by atoms with E-state index in [0.717, 1.165) is 18.1 Å². The number of carboxylic acids is 1. The predicted molar refractivity (Wildman–Crippen MR) is 83.1 cm³/mol. The molecule has 2 aliphatic heterocycles. The molecule has 0 bridgehead atoms. The van der Waals surface area contributed by atoms with Crippen LogP contribution in [-0.4, -0.2) is 63.1 Å². The number of carbonyl (C=O) groups is 2. The predicted octanol–water partition coefficient (Wildman–Crippen LogP) is 1.09. The third-order valence-electron chi connectivity index (χ3n) is 3.60. The van der Waals surface area contributed by atoms with Crippen molar-refractivity contribution in [2.24, 2.45) is 5.92 Å². The third-order valence-corrected chi connectivity index (χ3v) is 6.35. The zero-order valence-electron chi connectivity index (χ0n) is 11.9. The minimum Gasteiger partial charge on any atom is -0.480 e. The fourth-order valence-electron chi connectivity index (χ4n) is 2.61. The van der Waals surface area contributed by atoms with Crippen LogP contribution in [0.2, 0.25) is 0 Å². The number of thioether (sulfide) groups is 2. The fourth-order valence-corrected chi connectivity index (χ4v) is 5.06. The van der Waals surface area contributed by atoms with Gasteiger partial charge in [-0.1, -0.05) is 13.8 Å². The molecule has 2 fully saturated rings. The second kappa shape index (κ2) is 7.04. The maximum absolute atomic E-state index is 12.5. The van der Waals surface area contributed by atoms with Gasteiger partial charge in [-0.2, -0.15) is 11.8 Å². The highest BCUT2D eigenvalue weighted by atomic mass is 32.2. The monoisotopic (exact) mass is 318 g/mol. The van der Waals surface area contributed by atoms with Crippen molar-refractivity contribution in [1.82, 2.24) is 10.2 Å². The minimum absolute atomic E-state index is 0.0140. The third kappa shape index (κ3) is 3.62. The molecule has 2 rings (SSSR count). The normalized spacial score (nSPS) is 30.8. The number of nitrogens with zero attached hydrogens (tertiary/aromatic N) is 1. The molecule has 5 nitrogen and oxygen atoms in total. The van der Waals surface area contributed by atoms with E-state index in [1.807, 2.05) is 25.6 Å². The molecule has 2 aliphatic rings. The maximum atomic E-state index is 12.5. The van der Waals surface area contributed by atoms with Crippen LogP contribution in [-0.2, 0) is 9.59 Å². The van der Waals surface area contributed by atoms with E-state index in [0.29, 0.717) is 12.2 Å². The number of rotatable bonds is 4. The van der Waals surface area contributed by atoms with Crippen molar-refractivity contribution in [3.63, 3.8) is 0 Å². The zero-order valence-corrected chi connectivity index (χ0v) is 13.5. The summed E-state index contributed by atoms with van der Waals surface area (Å²) in [5, 5.41) is 12.6. The number of hydrogen-bond acceptors (Lipinski definition) is 5. The summed E-state index contributed by atoms with van der Waals surface area (Å²) >= 11 is 3.43. The summed E-state index contributed by atoms with van der Waals surface area (Å²) in [6.07, 6.45) is 0.403. The van der Waals surface area contributed by atoms with Gasteiger partial charge in [-0.05, 0) is 5.92 Å². The van der Waals surface area contributed by atoms with E-state index in [4.69, 9.17) is 0 Å². The Morgan fingerprint density at radius 2 is 2.15 bits per heavy atom. The Morgan fingerprint density at radius 3 is 2.70 bits per heavy atom. The Hall–Kier alpha value is -0.400. The average Bonchev–Trinajstić information content (AvgIpc) is 2.84. The van der Waals surface area contributed by atoms with Gasteiger partial charge < -0.3 is 15.3 Å². The van der Waals surface area contributed by atoms with E-state index in [-0.39, 0.29) is 23.2 Å². The molecule has 0 spiro atoms. The lowest BCUT2D eigenvalue weighted by molar-refractivity contribution is -0.149. The number of carboxylic acid groups (broad SMARTS) is 1. The Labute approximate surface area is 128 Å². The first-order chi connectivity index (χ1) is 9.50.